The molecule has 17 heavy (non-hydrogen) atoms. The first-order valence-electron chi connectivity index (χ1n) is 4.48. The predicted molar refractivity (Wildman–Crippen MR) is 52.4 cm³/mol. The summed E-state index contributed by atoms with van der Waals surface area (Å²) < 4.78 is 51.6. The van der Waals surface area contributed by atoms with Gasteiger partial charge < -0.3 is 5.11 Å². The van der Waals surface area contributed by atoms with Crippen molar-refractivity contribution in [2.75, 3.05) is 0 Å². The number of alkyl halides is 2. The number of hydrogen-bond donors (Lipinski definition) is 1. The Morgan fingerprint density at radius 1 is 1.29 bits per heavy atom. The fourth-order valence-electron chi connectivity index (χ4n) is 1.39. The topological polar surface area (TPSA) is 37.3 Å². The Kier molecular flexibility index (Phi) is 4.34. The van der Waals surface area contributed by atoms with Crippen LogP contribution >= 0.6 is 11.6 Å². The van der Waals surface area contributed by atoms with Gasteiger partial charge in [-0.15, -0.1) is 0 Å². The van der Waals surface area contributed by atoms with Gasteiger partial charge in [-0.25, -0.2) is 17.6 Å². The predicted octanol–water partition coefficient (Wildman–Crippen LogP) is 3.44. The summed E-state index contributed by atoms with van der Waals surface area (Å²) in [5.74, 6) is -5.74. The number of carbonyl (C=O) groups is 1. The van der Waals surface area contributed by atoms with Crippen LogP contribution in [0, 0.1) is 11.6 Å². The van der Waals surface area contributed by atoms with E-state index in [-0.39, 0.29) is 0 Å². The van der Waals surface area contributed by atoms with E-state index in [0.29, 0.717) is 12.1 Å². The van der Waals surface area contributed by atoms with E-state index in [0.717, 1.165) is 0 Å². The maximum Gasteiger partial charge on any atom is 0.304 e. The van der Waals surface area contributed by atoms with Crippen molar-refractivity contribution in [1.82, 2.24) is 0 Å². The van der Waals surface area contributed by atoms with Crippen LogP contribution in [0.1, 0.15) is 17.9 Å². The number of carboxylic acid groups (broad SMARTS) is 1. The zero-order valence-corrected chi connectivity index (χ0v) is 9.02. The molecule has 0 radical (unpaired) electrons. The molecule has 2 nitrogen and oxygen atoms in total. The molecular weight excluding hydrogens is 264 g/mol. The van der Waals surface area contributed by atoms with Crippen LogP contribution in [0.15, 0.2) is 12.1 Å². The van der Waals surface area contributed by atoms with Crippen LogP contribution in [-0.2, 0) is 4.79 Å². The molecule has 0 aliphatic heterocycles. The molecule has 1 aromatic rings. The highest BCUT2D eigenvalue weighted by molar-refractivity contribution is 6.31. The molecule has 0 saturated heterocycles. The SMILES string of the molecule is O=C(O)CC(c1c(F)ccc(F)c1Cl)C(F)F. The molecule has 1 rings (SSSR count). The third-order valence-corrected chi connectivity index (χ3v) is 2.53. The zero-order valence-electron chi connectivity index (χ0n) is 8.26. The van der Waals surface area contributed by atoms with Crippen LogP contribution in [0.2, 0.25) is 5.02 Å². The van der Waals surface area contributed by atoms with Crippen LogP contribution in [0.25, 0.3) is 0 Å². The largest absolute Gasteiger partial charge is 0.481 e. The lowest BCUT2D eigenvalue weighted by molar-refractivity contribution is -0.138. The number of benzene rings is 1. The monoisotopic (exact) mass is 270 g/mol. The van der Waals surface area contributed by atoms with Crippen molar-refractivity contribution in [1.29, 1.82) is 0 Å². The minimum Gasteiger partial charge on any atom is -0.481 e. The summed E-state index contributed by atoms with van der Waals surface area (Å²) in [6, 6.07) is 1.32. The molecule has 7 heteroatoms. The summed E-state index contributed by atoms with van der Waals surface area (Å²) in [5.41, 5.74) is -0.802. The third-order valence-electron chi connectivity index (χ3n) is 2.15. The quantitative estimate of drug-likeness (QED) is 0.672. The number of rotatable bonds is 4. The van der Waals surface area contributed by atoms with E-state index in [1.54, 1.807) is 0 Å². The van der Waals surface area contributed by atoms with Crippen molar-refractivity contribution in [2.24, 2.45) is 0 Å². The van der Waals surface area contributed by atoms with Gasteiger partial charge in [0.15, 0.2) is 0 Å². The van der Waals surface area contributed by atoms with Crippen LogP contribution in [0.3, 0.4) is 0 Å². The Bertz CT molecular complexity index is 437. The molecule has 1 aromatic carbocycles. The highest BCUT2D eigenvalue weighted by atomic mass is 35.5. The summed E-state index contributed by atoms with van der Waals surface area (Å²) >= 11 is 5.38. The van der Waals surface area contributed by atoms with Crippen molar-refractivity contribution in [2.45, 2.75) is 18.8 Å². The van der Waals surface area contributed by atoms with Crippen LogP contribution < -0.4 is 0 Å². The standard InChI is InChI=1S/C10H7ClF4O2/c11-9-6(13)2-1-5(12)8(9)4(10(14)15)3-7(16)17/h1-2,4,10H,3H2,(H,16,17). The smallest absolute Gasteiger partial charge is 0.304 e. The van der Waals surface area contributed by atoms with E-state index in [1.165, 1.54) is 0 Å². The van der Waals surface area contributed by atoms with E-state index in [9.17, 15) is 22.4 Å². The number of aliphatic carboxylic acids is 1. The molecule has 0 heterocycles. The number of hydrogen-bond acceptors (Lipinski definition) is 1. The molecular formula is C10H7ClF4O2. The normalized spacial score (nSPS) is 12.8. The minimum atomic E-state index is -3.15. The highest BCUT2D eigenvalue weighted by Crippen LogP contribution is 2.35. The Balaban J connectivity index is 3.27. The van der Waals surface area contributed by atoms with Crippen LogP contribution in [0.5, 0.6) is 0 Å². The maximum atomic E-state index is 13.3. The Morgan fingerprint density at radius 2 is 1.82 bits per heavy atom. The summed E-state index contributed by atoms with van der Waals surface area (Å²) in [6.45, 7) is 0. The van der Waals surface area contributed by atoms with Gasteiger partial charge in [-0.05, 0) is 12.1 Å². The van der Waals surface area contributed by atoms with Crippen LogP contribution in [0.4, 0.5) is 17.6 Å². The van der Waals surface area contributed by atoms with Gasteiger partial charge >= 0.3 is 5.97 Å². The second-order valence-corrected chi connectivity index (χ2v) is 3.67. The fourth-order valence-corrected chi connectivity index (χ4v) is 1.68. The molecule has 1 unspecified atom stereocenters. The second kappa shape index (κ2) is 5.35. The maximum absolute atomic E-state index is 13.3. The van der Waals surface area contributed by atoms with E-state index < -0.39 is 47.0 Å². The van der Waals surface area contributed by atoms with E-state index in [1.807, 2.05) is 0 Å². The molecule has 0 bridgehead atoms. The van der Waals surface area contributed by atoms with Gasteiger partial charge in [-0.3, -0.25) is 4.79 Å². The molecule has 0 spiro atoms. The molecule has 0 aliphatic carbocycles. The van der Waals surface area contributed by atoms with Crippen molar-refractivity contribution in [3.8, 4) is 0 Å². The van der Waals surface area contributed by atoms with E-state index >= 15 is 0 Å². The minimum absolute atomic E-state index is 0.633. The molecule has 0 aliphatic rings. The van der Waals surface area contributed by atoms with Crippen molar-refractivity contribution in [3.63, 3.8) is 0 Å². The lowest BCUT2D eigenvalue weighted by atomic mass is 9.95. The van der Waals surface area contributed by atoms with Gasteiger partial charge in [-0.2, -0.15) is 0 Å². The van der Waals surface area contributed by atoms with Crippen molar-refractivity contribution >= 4 is 17.6 Å². The van der Waals surface area contributed by atoms with Gasteiger partial charge in [0.05, 0.1) is 17.4 Å². The van der Waals surface area contributed by atoms with Gasteiger partial charge in [0, 0.05) is 5.56 Å². The fraction of sp³-hybridized carbons (Fsp3) is 0.300. The van der Waals surface area contributed by atoms with Crippen molar-refractivity contribution < 1.29 is 27.5 Å². The molecule has 94 valence electrons. The zero-order chi connectivity index (χ0) is 13.2. The third kappa shape index (κ3) is 3.09. The first-order valence-corrected chi connectivity index (χ1v) is 4.85. The molecule has 0 amide bonds. The highest BCUT2D eigenvalue weighted by Gasteiger charge is 2.31. The first-order chi connectivity index (χ1) is 7.84. The molecule has 1 atom stereocenters. The summed E-state index contributed by atoms with van der Waals surface area (Å²) in [7, 11) is 0. The van der Waals surface area contributed by atoms with Crippen LogP contribution in [-0.4, -0.2) is 17.5 Å². The van der Waals surface area contributed by atoms with Gasteiger partial charge in [0.2, 0.25) is 6.43 Å². The molecule has 1 N–H and O–H groups in total. The van der Waals surface area contributed by atoms with Gasteiger partial charge in [0.25, 0.3) is 0 Å². The van der Waals surface area contributed by atoms with Gasteiger partial charge in [0.1, 0.15) is 11.6 Å². The van der Waals surface area contributed by atoms with Crippen molar-refractivity contribution in [3.05, 3.63) is 34.4 Å². The Morgan fingerprint density at radius 3 is 2.29 bits per heavy atom. The average Bonchev–Trinajstić information content (AvgIpc) is 2.22. The molecule has 0 fully saturated rings. The molecule has 0 aromatic heterocycles. The van der Waals surface area contributed by atoms with E-state index in [4.69, 9.17) is 16.7 Å². The lowest BCUT2D eigenvalue weighted by Gasteiger charge is -2.16. The second-order valence-electron chi connectivity index (χ2n) is 3.30. The summed E-state index contributed by atoms with van der Waals surface area (Å²) in [6.07, 6.45) is -4.18. The lowest BCUT2D eigenvalue weighted by Crippen LogP contribution is -2.16. The average molecular weight is 271 g/mol. The number of halogens is 5. The van der Waals surface area contributed by atoms with Gasteiger partial charge in [-0.1, -0.05) is 11.6 Å². The van der Waals surface area contributed by atoms with E-state index in [2.05, 4.69) is 0 Å². The Hall–Kier alpha value is -1.30. The molecule has 0 saturated carbocycles. The Labute approximate surface area is 98.8 Å². The summed E-state index contributed by atoms with van der Waals surface area (Å²) in [5, 5.41) is 7.64. The number of carboxylic acids is 1. The first kappa shape index (κ1) is 13.8. The summed E-state index contributed by atoms with van der Waals surface area (Å²) in [4.78, 5) is 10.4.